The van der Waals surface area contributed by atoms with Gasteiger partial charge in [-0.25, -0.2) is 9.18 Å². The molecule has 4 heteroatoms. The first-order valence-corrected chi connectivity index (χ1v) is 4.13. The molecular weight excluding hydrogens is 187 g/mol. The van der Waals surface area contributed by atoms with E-state index in [1.165, 1.54) is 31.4 Å². The van der Waals surface area contributed by atoms with E-state index in [0.29, 0.717) is 5.75 Å². The minimum absolute atomic E-state index is 0.344. The van der Waals surface area contributed by atoms with Crippen molar-refractivity contribution < 1.29 is 18.7 Å². The van der Waals surface area contributed by atoms with Crippen LogP contribution in [0.3, 0.4) is 0 Å². The van der Waals surface area contributed by atoms with Crippen LogP contribution in [-0.2, 0) is 9.53 Å². The van der Waals surface area contributed by atoms with Crippen molar-refractivity contribution in [3.05, 3.63) is 30.1 Å². The van der Waals surface area contributed by atoms with Crippen molar-refractivity contribution in [3.8, 4) is 5.75 Å². The Morgan fingerprint density at radius 1 is 1.36 bits per heavy atom. The summed E-state index contributed by atoms with van der Waals surface area (Å²) in [5.41, 5.74) is 0. The van der Waals surface area contributed by atoms with E-state index in [0.717, 1.165) is 0 Å². The van der Waals surface area contributed by atoms with Gasteiger partial charge in [0.2, 0.25) is 0 Å². The molecule has 0 fully saturated rings. The van der Waals surface area contributed by atoms with Crippen molar-refractivity contribution in [2.75, 3.05) is 7.11 Å². The highest BCUT2D eigenvalue weighted by Crippen LogP contribution is 2.13. The average molecular weight is 198 g/mol. The standard InChI is InChI=1S/C10H11FO3/c1-7(10(12)13-2)14-9-5-3-8(11)4-6-9/h3-7H,1-2H3/t7-/m1/s1. The van der Waals surface area contributed by atoms with Crippen LogP contribution >= 0.6 is 0 Å². The normalized spacial score (nSPS) is 11.9. The highest BCUT2D eigenvalue weighted by Gasteiger charge is 2.14. The molecule has 0 aliphatic carbocycles. The minimum Gasteiger partial charge on any atom is -0.479 e. The number of rotatable bonds is 3. The van der Waals surface area contributed by atoms with Crippen molar-refractivity contribution in [1.29, 1.82) is 0 Å². The van der Waals surface area contributed by atoms with E-state index in [1.54, 1.807) is 6.92 Å². The van der Waals surface area contributed by atoms with Gasteiger partial charge in [0, 0.05) is 0 Å². The SMILES string of the molecule is COC(=O)[C@@H](C)Oc1ccc(F)cc1. The molecule has 1 aromatic rings. The number of hydrogen-bond acceptors (Lipinski definition) is 3. The molecule has 0 aliphatic heterocycles. The Balaban J connectivity index is 2.60. The maximum atomic E-state index is 12.5. The molecule has 0 amide bonds. The second-order valence-corrected chi connectivity index (χ2v) is 2.74. The highest BCUT2D eigenvalue weighted by atomic mass is 19.1. The Bertz CT molecular complexity index is 308. The Hall–Kier alpha value is -1.58. The van der Waals surface area contributed by atoms with E-state index in [2.05, 4.69) is 4.74 Å². The molecule has 0 heterocycles. The summed E-state index contributed by atoms with van der Waals surface area (Å²) in [5, 5.41) is 0. The first-order valence-electron chi connectivity index (χ1n) is 4.13. The van der Waals surface area contributed by atoms with Gasteiger partial charge in [0.15, 0.2) is 6.10 Å². The fourth-order valence-corrected chi connectivity index (χ4v) is 0.931. The molecule has 1 rings (SSSR count). The zero-order valence-corrected chi connectivity index (χ0v) is 7.99. The molecule has 76 valence electrons. The zero-order chi connectivity index (χ0) is 10.6. The first kappa shape index (κ1) is 10.5. The van der Waals surface area contributed by atoms with Crippen molar-refractivity contribution in [1.82, 2.24) is 0 Å². The summed E-state index contributed by atoms with van der Waals surface area (Å²) in [6, 6.07) is 5.43. The molecule has 0 saturated carbocycles. The van der Waals surface area contributed by atoms with E-state index in [1.807, 2.05) is 0 Å². The van der Waals surface area contributed by atoms with Crippen LogP contribution in [-0.4, -0.2) is 19.2 Å². The predicted molar refractivity (Wildman–Crippen MR) is 48.5 cm³/mol. The molecule has 0 saturated heterocycles. The predicted octanol–water partition coefficient (Wildman–Crippen LogP) is 1.77. The van der Waals surface area contributed by atoms with E-state index >= 15 is 0 Å². The third-order valence-corrected chi connectivity index (χ3v) is 1.66. The van der Waals surface area contributed by atoms with Gasteiger partial charge < -0.3 is 9.47 Å². The summed E-state index contributed by atoms with van der Waals surface area (Å²) in [6.45, 7) is 1.56. The van der Waals surface area contributed by atoms with Crippen molar-refractivity contribution in [2.45, 2.75) is 13.0 Å². The van der Waals surface area contributed by atoms with Crippen LogP contribution < -0.4 is 4.74 Å². The fourth-order valence-electron chi connectivity index (χ4n) is 0.931. The number of carbonyl (C=O) groups excluding carboxylic acids is 1. The summed E-state index contributed by atoms with van der Waals surface area (Å²) in [5.74, 6) is -0.373. The molecule has 3 nitrogen and oxygen atoms in total. The van der Waals surface area contributed by atoms with Crippen LogP contribution in [0.25, 0.3) is 0 Å². The average Bonchev–Trinajstić information content (AvgIpc) is 2.20. The molecule has 1 atom stereocenters. The lowest BCUT2D eigenvalue weighted by Gasteiger charge is -2.11. The monoisotopic (exact) mass is 198 g/mol. The molecule has 0 aromatic heterocycles. The molecule has 0 aliphatic rings. The molecule has 0 bridgehead atoms. The van der Waals surface area contributed by atoms with Gasteiger partial charge in [-0.3, -0.25) is 0 Å². The smallest absolute Gasteiger partial charge is 0.346 e. The van der Waals surface area contributed by atoms with Gasteiger partial charge in [0.25, 0.3) is 0 Å². The van der Waals surface area contributed by atoms with Crippen LogP contribution in [0, 0.1) is 5.82 Å². The van der Waals surface area contributed by atoms with Crippen LogP contribution in [0.15, 0.2) is 24.3 Å². The molecule has 1 aromatic carbocycles. The van der Waals surface area contributed by atoms with Gasteiger partial charge in [0.1, 0.15) is 11.6 Å². The molecule has 0 unspecified atom stereocenters. The third-order valence-electron chi connectivity index (χ3n) is 1.66. The molecule has 0 spiro atoms. The van der Waals surface area contributed by atoms with Gasteiger partial charge in [-0.2, -0.15) is 0 Å². The third kappa shape index (κ3) is 2.73. The number of ether oxygens (including phenoxy) is 2. The molecule has 14 heavy (non-hydrogen) atoms. The maximum absolute atomic E-state index is 12.5. The molecular formula is C10H11FO3. The Labute approximate surface area is 81.4 Å². The second-order valence-electron chi connectivity index (χ2n) is 2.74. The Kier molecular flexibility index (Phi) is 3.45. The number of halogens is 1. The lowest BCUT2D eigenvalue weighted by atomic mass is 10.3. The van der Waals surface area contributed by atoms with Gasteiger partial charge >= 0.3 is 5.97 Å². The van der Waals surface area contributed by atoms with Crippen LogP contribution in [0.4, 0.5) is 4.39 Å². The molecule has 0 radical (unpaired) electrons. The zero-order valence-electron chi connectivity index (χ0n) is 7.99. The Morgan fingerprint density at radius 3 is 2.43 bits per heavy atom. The van der Waals surface area contributed by atoms with E-state index in [-0.39, 0.29) is 5.82 Å². The Morgan fingerprint density at radius 2 is 1.93 bits per heavy atom. The lowest BCUT2D eigenvalue weighted by molar-refractivity contribution is -0.147. The fraction of sp³-hybridized carbons (Fsp3) is 0.300. The van der Waals surface area contributed by atoms with E-state index in [4.69, 9.17) is 4.74 Å². The summed E-state index contributed by atoms with van der Waals surface area (Å²) in [6.07, 6.45) is -0.689. The van der Waals surface area contributed by atoms with Gasteiger partial charge in [-0.15, -0.1) is 0 Å². The largest absolute Gasteiger partial charge is 0.479 e. The summed E-state index contributed by atoms with van der Waals surface area (Å²) in [4.78, 5) is 11.0. The van der Waals surface area contributed by atoms with Gasteiger partial charge in [-0.1, -0.05) is 0 Å². The minimum atomic E-state index is -0.689. The van der Waals surface area contributed by atoms with Crippen molar-refractivity contribution in [2.24, 2.45) is 0 Å². The van der Waals surface area contributed by atoms with Crippen LogP contribution in [0.5, 0.6) is 5.75 Å². The second kappa shape index (κ2) is 4.60. The lowest BCUT2D eigenvalue weighted by Crippen LogP contribution is -2.24. The van der Waals surface area contributed by atoms with Crippen molar-refractivity contribution >= 4 is 5.97 Å². The number of carbonyl (C=O) groups is 1. The van der Waals surface area contributed by atoms with Crippen molar-refractivity contribution in [3.63, 3.8) is 0 Å². The summed E-state index contributed by atoms with van der Waals surface area (Å²) < 4.78 is 22.2. The summed E-state index contributed by atoms with van der Waals surface area (Å²) in [7, 11) is 1.28. The van der Waals surface area contributed by atoms with Crippen LogP contribution in [0.2, 0.25) is 0 Å². The highest BCUT2D eigenvalue weighted by molar-refractivity contribution is 5.74. The number of esters is 1. The molecule has 0 N–H and O–H groups in total. The number of hydrogen-bond donors (Lipinski definition) is 0. The van der Waals surface area contributed by atoms with E-state index < -0.39 is 12.1 Å². The topological polar surface area (TPSA) is 35.5 Å². The van der Waals surface area contributed by atoms with Gasteiger partial charge in [-0.05, 0) is 31.2 Å². The quantitative estimate of drug-likeness (QED) is 0.694. The van der Waals surface area contributed by atoms with Crippen LogP contribution in [0.1, 0.15) is 6.92 Å². The van der Waals surface area contributed by atoms with E-state index in [9.17, 15) is 9.18 Å². The maximum Gasteiger partial charge on any atom is 0.346 e. The first-order chi connectivity index (χ1) is 6.63. The van der Waals surface area contributed by atoms with Gasteiger partial charge in [0.05, 0.1) is 7.11 Å². The summed E-state index contributed by atoms with van der Waals surface area (Å²) >= 11 is 0. The number of benzene rings is 1. The number of methoxy groups -OCH3 is 1.